The van der Waals surface area contributed by atoms with Crippen molar-refractivity contribution in [2.75, 3.05) is 32.8 Å². The summed E-state index contributed by atoms with van der Waals surface area (Å²) >= 11 is 0. The summed E-state index contributed by atoms with van der Waals surface area (Å²) in [6.45, 7) is 7.26. The quantitative estimate of drug-likeness (QED) is 0.890. The molecule has 0 aliphatic carbocycles. The van der Waals surface area contributed by atoms with E-state index in [-0.39, 0.29) is 0 Å². The van der Waals surface area contributed by atoms with E-state index < -0.39 is 0 Å². The van der Waals surface area contributed by atoms with Crippen molar-refractivity contribution in [1.82, 2.24) is 10.2 Å². The van der Waals surface area contributed by atoms with E-state index in [0.29, 0.717) is 6.04 Å². The first-order valence-corrected chi connectivity index (χ1v) is 7.96. The summed E-state index contributed by atoms with van der Waals surface area (Å²) in [5.74, 6) is 1.95. The summed E-state index contributed by atoms with van der Waals surface area (Å²) in [6, 6.07) is 15.1. The van der Waals surface area contributed by atoms with Gasteiger partial charge in [0.1, 0.15) is 11.5 Å². The Morgan fingerprint density at radius 3 is 2.55 bits per heavy atom. The van der Waals surface area contributed by atoms with Gasteiger partial charge < -0.3 is 14.5 Å². The van der Waals surface area contributed by atoms with E-state index in [4.69, 9.17) is 9.15 Å². The Morgan fingerprint density at radius 2 is 1.86 bits per heavy atom. The molecule has 0 amide bonds. The van der Waals surface area contributed by atoms with Crippen molar-refractivity contribution in [3.8, 4) is 0 Å². The van der Waals surface area contributed by atoms with Crippen LogP contribution < -0.4 is 5.32 Å². The van der Waals surface area contributed by atoms with Crippen molar-refractivity contribution in [3.05, 3.63) is 59.5 Å². The van der Waals surface area contributed by atoms with Crippen LogP contribution in [0, 0.1) is 6.92 Å². The van der Waals surface area contributed by atoms with Crippen LogP contribution in [0.4, 0.5) is 0 Å². The largest absolute Gasteiger partial charge is 0.465 e. The molecule has 1 fully saturated rings. The van der Waals surface area contributed by atoms with Crippen LogP contribution in [0.5, 0.6) is 0 Å². The van der Waals surface area contributed by atoms with Crippen LogP contribution in [0.2, 0.25) is 0 Å². The predicted octanol–water partition coefficient (Wildman–Crippen LogP) is 2.75. The average molecular weight is 300 g/mol. The van der Waals surface area contributed by atoms with Crippen LogP contribution in [-0.4, -0.2) is 37.7 Å². The van der Waals surface area contributed by atoms with Crippen molar-refractivity contribution in [2.45, 2.75) is 19.5 Å². The lowest BCUT2D eigenvalue weighted by Gasteiger charge is -2.35. The van der Waals surface area contributed by atoms with Gasteiger partial charge in [0.05, 0.1) is 19.8 Å². The molecule has 2 heterocycles. The highest BCUT2D eigenvalue weighted by molar-refractivity contribution is 5.19. The lowest BCUT2D eigenvalue weighted by molar-refractivity contribution is 0.0160. The van der Waals surface area contributed by atoms with Gasteiger partial charge in [-0.3, -0.25) is 4.90 Å². The Morgan fingerprint density at radius 1 is 1.09 bits per heavy atom. The van der Waals surface area contributed by atoms with Crippen LogP contribution >= 0.6 is 0 Å². The molecule has 1 unspecified atom stereocenters. The molecule has 1 aromatic carbocycles. The lowest BCUT2D eigenvalue weighted by Crippen LogP contribution is -2.42. The summed E-state index contributed by atoms with van der Waals surface area (Å²) in [5, 5.41) is 3.53. The molecule has 1 N–H and O–H groups in total. The number of aryl methyl sites for hydroxylation is 1. The fraction of sp³-hybridized carbons (Fsp3) is 0.444. The first-order valence-electron chi connectivity index (χ1n) is 7.96. The summed E-state index contributed by atoms with van der Waals surface area (Å²) < 4.78 is 11.1. The number of hydrogen-bond donors (Lipinski definition) is 1. The molecule has 1 aromatic heterocycles. The molecule has 2 aromatic rings. The number of hydrogen-bond acceptors (Lipinski definition) is 4. The molecular weight excluding hydrogens is 276 g/mol. The monoisotopic (exact) mass is 300 g/mol. The van der Waals surface area contributed by atoms with E-state index in [9.17, 15) is 0 Å². The maximum Gasteiger partial charge on any atom is 0.117 e. The van der Waals surface area contributed by atoms with E-state index in [0.717, 1.165) is 50.9 Å². The normalized spacial score (nSPS) is 17.5. The van der Waals surface area contributed by atoms with Crippen LogP contribution in [-0.2, 0) is 11.3 Å². The highest BCUT2D eigenvalue weighted by Crippen LogP contribution is 2.21. The van der Waals surface area contributed by atoms with Gasteiger partial charge in [-0.05, 0) is 24.6 Å². The van der Waals surface area contributed by atoms with E-state index in [1.807, 2.05) is 19.1 Å². The van der Waals surface area contributed by atoms with Crippen LogP contribution in [0.25, 0.3) is 0 Å². The van der Waals surface area contributed by atoms with E-state index in [1.165, 1.54) is 5.56 Å². The van der Waals surface area contributed by atoms with E-state index >= 15 is 0 Å². The molecule has 22 heavy (non-hydrogen) atoms. The first kappa shape index (κ1) is 15.3. The molecule has 0 radical (unpaired) electrons. The van der Waals surface area contributed by atoms with Gasteiger partial charge in [0.15, 0.2) is 0 Å². The topological polar surface area (TPSA) is 37.6 Å². The highest BCUT2D eigenvalue weighted by Gasteiger charge is 2.22. The molecule has 0 spiro atoms. The van der Waals surface area contributed by atoms with Crippen LogP contribution in [0.3, 0.4) is 0 Å². The SMILES string of the molecule is Cc1ccc(CNCC(c2ccccc2)N2CCOCC2)o1. The molecular formula is C18H24N2O2. The summed E-state index contributed by atoms with van der Waals surface area (Å²) in [5.41, 5.74) is 1.35. The molecule has 1 aliphatic rings. The zero-order valence-corrected chi connectivity index (χ0v) is 13.1. The number of nitrogens with zero attached hydrogens (tertiary/aromatic N) is 1. The molecule has 4 nitrogen and oxygen atoms in total. The van der Waals surface area contributed by atoms with Gasteiger partial charge >= 0.3 is 0 Å². The van der Waals surface area contributed by atoms with Crippen LogP contribution in [0.1, 0.15) is 23.1 Å². The van der Waals surface area contributed by atoms with Crippen LogP contribution in [0.15, 0.2) is 46.9 Å². The summed E-state index contributed by atoms with van der Waals surface area (Å²) in [6.07, 6.45) is 0. The number of benzene rings is 1. The number of furan rings is 1. The standard InChI is InChI=1S/C18H24N2O2/c1-15-7-8-17(22-15)13-19-14-18(16-5-3-2-4-6-16)20-9-11-21-12-10-20/h2-8,18-19H,9-14H2,1H3. The van der Waals surface area contributed by atoms with Gasteiger partial charge in [0, 0.05) is 25.7 Å². The second-order valence-electron chi connectivity index (χ2n) is 5.72. The second kappa shape index (κ2) is 7.58. The third-order valence-electron chi connectivity index (χ3n) is 4.10. The minimum Gasteiger partial charge on any atom is -0.465 e. The van der Waals surface area contributed by atoms with Gasteiger partial charge in [-0.25, -0.2) is 0 Å². The van der Waals surface area contributed by atoms with Crippen molar-refractivity contribution in [3.63, 3.8) is 0 Å². The number of morpholine rings is 1. The van der Waals surface area contributed by atoms with Gasteiger partial charge in [0.25, 0.3) is 0 Å². The van der Waals surface area contributed by atoms with Crippen molar-refractivity contribution in [2.24, 2.45) is 0 Å². The summed E-state index contributed by atoms with van der Waals surface area (Å²) in [7, 11) is 0. The zero-order valence-electron chi connectivity index (χ0n) is 13.1. The molecule has 0 bridgehead atoms. The van der Waals surface area contributed by atoms with Gasteiger partial charge in [-0.15, -0.1) is 0 Å². The molecule has 0 saturated carbocycles. The molecule has 3 rings (SSSR count). The van der Waals surface area contributed by atoms with Gasteiger partial charge in [-0.1, -0.05) is 30.3 Å². The second-order valence-corrected chi connectivity index (χ2v) is 5.72. The average Bonchev–Trinajstić information content (AvgIpc) is 2.99. The fourth-order valence-corrected chi connectivity index (χ4v) is 2.93. The predicted molar refractivity (Wildman–Crippen MR) is 86.7 cm³/mol. The molecule has 4 heteroatoms. The minimum atomic E-state index is 0.376. The smallest absolute Gasteiger partial charge is 0.117 e. The lowest BCUT2D eigenvalue weighted by atomic mass is 10.0. The first-order chi connectivity index (χ1) is 10.8. The minimum absolute atomic E-state index is 0.376. The van der Waals surface area contributed by atoms with E-state index in [1.54, 1.807) is 0 Å². The number of nitrogens with one attached hydrogen (secondary N) is 1. The Labute approximate surface area is 132 Å². The Hall–Kier alpha value is -1.62. The van der Waals surface area contributed by atoms with Crippen molar-refractivity contribution in [1.29, 1.82) is 0 Å². The fourth-order valence-electron chi connectivity index (χ4n) is 2.93. The summed E-state index contributed by atoms with van der Waals surface area (Å²) in [4.78, 5) is 2.50. The Balaban J connectivity index is 1.63. The zero-order chi connectivity index (χ0) is 15.2. The van der Waals surface area contributed by atoms with Crippen molar-refractivity contribution < 1.29 is 9.15 Å². The molecule has 1 aliphatic heterocycles. The number of rotatable bonds is 6. The third-order valence-corrected chi connectivity index (χ3v) is 4.10. The van der Waals surface area contributed by atoms with Gasteiger partial charge in [0.2, 0.25) is 0 Å². The maximum atomic E-state index is 5.62. The van der Waals surface area contributed by atoms with Gasteiger partial charge in [-0.2, -0.15) is 0 Å². The Bertz CT molecular complexity index is 561. The third kappa shape index (κ3) is 3.97. The molecule has 118 valence electrons. The molecule has 1 saturated heterocycles. The maximum absolute atomic E-state index is 5.62. The van der Waals surface area contributed by atoms with E-state index in [2.05, 4.69) is 40.5 Å². The Kier molecular flexibility index (Phi) is 5.27. The number of ether oxygens (including phenoxy) is 1. The molecule has 1 atom stereocenters. The van der Waals surface area contributed by atoms with Crippen molar-refractivity contribution >= 4 is 0 Å². The highest BCUT2D eigenvalue weighted by atomic mass is 16.5.